The molecule has 1 N–H and O–H groups in total. The van der Waals surface area contributed by atoms with Crippen molar-refractivity contribution in [3.05, 3.63) is 34.9 Å². The predicted octanol–water partition coefficient (Wildman–Crippen LogP) is 3.72. The van der Waals surface area contributed by atoms with Crippen molar-refractivity contribution in [2.75, 3.05) is 7.11 Å². The van der Waals surface area contributed by atoms with Crippen LogP contribution < -0.4 is 0 Å². The minimum atomic E-state index is -0.565. The number of methoxy groups -OCH3 is 1. The fraction of sp³-hybridized carbons (Fsp3) is 0.571. The Bertz CT molecular complexity index is 355. The third-order valence-corrected chi connectivity index (χ3v) is 4.04. The lowest BCUT2D eigenvalue weighted by molar-refractivity contribution is -0.125. The first kappa shape index (κ1) is 12.9. The molecule has 0 bridgehead atoms. The second-order valence-electron chi connectivity index (χ2n) is 4.78. The van der Waals surface area contributed by atoms with E-state index < -0.39 is 11.7 Å². The number of halogens is 1. The summed E-state index contributed by atoms with van der Waals surface area (Å²) in [4.78, 5) is 0. The van der Waals surface area contributed by atoms with Crippen LogP contribution in [-0.4, -0.2) is 17.8 Å². The van der Waals surface area contributed by atoms with Gasteiger partial charge in [-0.15, -0.1) is 0 Å². The van der Waals surface area contributed by atoms with Crippen molar-refractivity contribution in [2.24, 2.45) is 0 Å². The van der Waals surface area contributed by atoms with Gasteiger partial charge in [-0.25, -0.2) is 0 Å². The predicted molar refractivity (Wildman–Crippen MR) is 69.2 cm³/mol. The molecule has 17 heavy (non-hydrogen) atoms. The minimum absolute atomic E-state index is 0.411. The summed E-state index contributed by atoms with van der Waals surface area (Å²) in [5.41, 5.74) is 0.477. The molecule has 0 radical (unpaired) electrons. The van der Waals surface area contributed by atoms with Gasteiger partial charge in [0.25, 0.3) is 0 Å². The number of rotatable bonds is 3. The summed E-state index contributed by atoms with van der Waals surface area (Å²) in [6, 6.07) is 7.38. The van der Waals surface area contributed by atoms with Gasteiger partial charge in [-0.3, -0.25) is 0 Å². The van der Waals surface area contributed by atoms with E-state index in [9.17, 15) is 5.11 Å². The highest BCUT2D eigenvalue weighted by Gasteiger charge is 2.39. The maximum Gasteiger partial charge on any atom is 0.108 e. The van der Waals surface area contributed by atoms with Crippen molar-refractivity contribution < 1.29 is 9.84 Å². The Hall–Kier alpha value is -0.570. The molecule has 2 rings (SSSR count). The van der Waals surface area contributed by atoms with Crippen LogP contribution in [0.4, 0.5) is 0 Å². The summed E-state index contributed by atoms with van der Waals surface area (Å²) >= 11 is 5.86. The average molecular weight is 255 g/mol. The van der Waals surface area contributed by atoms with E-state index in [2.05, 4.69) is 0 Å². The van der Waals surface area contributed by atoms with E-state index in [4.69, 9.17) is 16.3 Å². The molecule has 3 heteroatoms. The molecule has 0 amide bonds. The molecule has 0 saturated heterocycles. The minimum Gasteiger partial charge on any atom is -0.385 e. The molecule has 0 heterocycles. The highest BCUT2D eigenvalue weighted by Crippen LogP contribution is 2.41. The molecule has 1 aromatic carbocycles. The Balaban J connectivity index is 2.21. The summed E-state index contributed by atoms with van der Waals surface area (Å²) in [6.07, 6.45) is 4.76. The summed E-state index contributed by atoms with van der Waals surface area (Å²) in [6.45, 7) is 0. The number of benzene rings is 1. The number of ether oxygens (including phenoxy) is 1. The summed E-state index contributed by atoms with van der Waals surface area (Å²) in [5, 5.41) is 11.2. The van der Waals surface area contributed by atoms with Crippen LogP contribution in [0, 0.1) is 0 Å². The highest BCUT2D eigenvalue weighted by molar-refractivity contribution is 6.30. The van der Waals surface area contributed by atoms with Gasteiger partial charge >= 0.3 is 0 Å². The zero-order chi connectivity index (χ0) is 12.3. The van der Waals surface area contributed by atoms with Gasteiger partial charge in [0.2, 0.25) is 0 Å². The number of hydrogen-bond donors (Lipinski definition) is 1. The molecule has 1 saturated carbocycles. The number of aliphatic hydroxyl groups is 1. The van der Waals surface area contributed by atoms with E-state index in [1.54, 1.807) is 7.11 Å². The normalized spacial score (nSPS) is 21.1. The van der Waals surface area contributed by atoms with Crippen LogP contribution >= 0.6 is 11.6 Å². The van der Waals surface area contributed by atoms with Gasteiger partial charge in [-0.05, 0) is 30.5 Å². The Kier molecular flexibility index (Phi) is 4.08. The monoisotopic (exact) mass is 254 g/mol. The van der Waals surface area contributed by atoms with Gasteiger partial charge in [-0.1, -0.05) is 43.0 Å². The zero-order valence-corrected chi connectivity index (χ0v) is 10.9. The molecule has 1 fully saturated rings. The lowest BCUT2D eigenvalue weighted by atomic mass is 9.78. The zero-order valence-electron chi connectivity index (χ0n) is 10.2. The highest BCUT2D eigenvalue weighted by atomic mass is 35.5. The van der Waals surface area contributed by atoms with Crippen molar-refractivity contribution in [3.63, 3.8) is 0 Å². The molecule has 1 aliphatic rings. The molecule has 1 unspecified atom stereocenters. The SMILES string of the molecule is COC1(C(O)c2ccc(Cl)cc2)CCCCC1. The fourth-order valence-corrected chi connectivity index (χ4v) is 2.81. The Morgan fingerprint density at radius 1 is 1.18 bits per heavy atom. The van der Waals surface area contributed by atoms with Crippen molar-refractivity contribution in [2.45, 2.75) is 43.8 Å². The quantitative estimate of drug-likeness (QED) is 0.891. The van der Waals surface area contributed by atoms with Crippen molar-refractivity contribution in [3.8, 4) is 0 Å². The first-order valence-corrected chi connectivity index (χ1v) is 6.54. The molecule has 0 aliphatic heterocycles. The Labute approximate surface area is 108 Å². The topological polar surface area (TPSA) is 29.5 Å². The van der Waals surface area contributed by atoms with Crippen molar-refractivity contribution >= 4 is 11.6 Å². The fourth-order valence-electron chi connectivity index (χ4n) is 2.69. The first-order chi connectivity index (χ1) is 8.18. The van der Waals surface area contributed by atoms with Gasteiger partial charge < -0.3 is 9.84 Å². The van der Waals surface area contributed by atoms with E-state index in [1.165, 1.54) is 6.42 Å². The van der Waals surface area contributed by atoms with Crippen LogP contribution in [-0.2, 0) is 4.74 Å². The molecule has 1 atom stereocenters. The van der Waals surface area contributed by atoms with Crippen LogP contribution in [0.3, 0.4) is 0 Å². The maximum atomic E-state index is 10.5. The summed E-state index contributed by atoms with van der Waals surface area (Å²) in [5.74, 6) is 0. The largest absolute Gasteiger partial charge is 0.385 e. The lowest BCUT2D eigenvalue weighted by Gasteiger charge is -2.40. The lowest BCUT2D eigenvalue weighted by Crippen LogP contribution is -2.40. The molecule has 2 nitrogen and oxygen atoms in total. The number of hydrogen-bond acceptors (Lipinski definition) is 2. The van der Waals surface area contributed by atoms with E-state index in [1.807, 2.05) is 24.3 Å². The van der Waals surface area contributed by atoms with Crippen molar-refractivity contribution in [1.29, 1.82) is 0 Å². The van der Waals surface area contributed by atoms with E-state index in [0.29, 0.717) is 5.02 Å². The molecule has 0 spiro atoms. The molecule has 0 aromatic heterocycles. The molecule has 94 valence electrons. The second-order valence-corrected chi connectivity index (χ2v) is 5.22. The van der Waals surface area contributed by atoms with Gasteiger partial charge in [-0.2, -0.15) is 0 Å². The van der Waals surface area contributed by atoms with Crippen LogP contribution in [0.1, 0.15) is 43.8 Å². The third kappa shape index (κ3) is 2.65. The van der Waals surface area contributed by atoms with E-state index in [0.717, 1.165) is 31.2 Å². The van der Waals surface area contributed by atoms with Crippen LogP contribution in [0.5, 0.6) is 0 Å². The summed E-state index contributed by atoms with van der Waals surface area (Å²) < 4.78 is 5.64. The Morgan fingerprint density at radius 2 is 1.76 bits per heavy atom. The molecule has 1 aliphatic carbocycles. The standard InChI is InChI=1S/C14H19ClO2/c1-17-14(9-3-2-4-10-14)13(16)11-5-7-12(15)8-6-11/h5-8,13,16H,2-4,9-10H2,1H3. The first-order valence-electron chi connectivity index (χ1n) is 6.17. The van der Waals surface area contributed by atoms with Crippen LogP contribution in [0.15, 0.2) is 24.3 Å². The average Bonchev–Trinajstić information content (AvgIpc) is 2.39. The number of aliphatic hydroxyl groups excluding tert-OH is 1. The van der Waals surface area contributed by atoms with E-state index in [-0.39, 0.29) is 0 Å². The van der Waals surface area contributed by atoms with E-state index >= 15 is 0 Å². The summed E-state index contributed by atoms with van der Waals surface area (Å²) in [7, 11) is 1.70. The van der Waals surface area contributed by atoms with Gasteiger partial charge in [0.05, 0.1) is 5.60 Å². The second kappa shape index (κ2) is 5.38. The Morgan fingerprint density at radius 3 is 2.29 bits per heavy atom. The van der Waals surface area contributed by atoms with Gasteiger partial charge in [0.15, 0.2) is 0 Å². The van der Waals surface area contributed by atoms with Crippen molar-refractivity contribution in [1.82, 2.24) is 0 Å². The van der Waals surface area contributed by atoms with Gasteiger partial charge in [0, 0.05) is 12.1 Å². The molecular weight excluding hydrogens is 236 g/mol. The maximum absolute atomic E-state index is 10.5. The smallest absolute Gasteiger partial charge is 0.108 e. The van der Waals surface area contributed by atoms with Gasteiger partial charge in [0.1, 0.15) is 6.10 Å². The molecular formula is C14H19ClO2. The third-order valence-electron chi connectivity index (χ3n) is 3.79. The molecule has 1 aromatic rings. The van der Waals surface area contributed by atoms with Crippen LogP contribution in [0.2, 0.25) is 5.02 Å². The van der Waals surface area contributed by atoms with Crippen LogP contribution in [0.25, 0.3) is 0 Å².